The largest absolute Gasteiger partial charge is 0.396 e. The molecule has 32 heavy (non-hydrogen) atoms. The molecular weight excluding hydrogens is 408 g/mol. The molecule has 0 aliphatic carbocycles. The molecule has 1 aliphatic heterocycles. The zero-order chi connectivity index (χ0) is 22.8. The molecule has 3 heterocycles. The summed E-state index contributed by atoms with van der Waals surface area (Å²) in [6.07, 6.45) is 2.81. The summed E-state index contributed by atoms with van der Waals surface area (Å²) in [6, 6.07) is 9.84. The van der Waals surface area contributed by atoms with Crippen molar-refractivity contribution in [1.82, 2.24) is 19.4 Å². The molecule has 3 aromatic rings. The third-order valence-corrected chi connectivity index (χ3v) is 5.57. The van der Waals surface area contributed by atoms with Crippen molar-refractivity contribution < 1.29 is 15.0 Å². The monoisotopic (exact) mass is 432 g/mol. The van der Waals surface area contributed by atoms with Gasteiger partial charge in [-0.1, -0.05) is 29.8 Å². The van der Waals surface area contributed by atoms with Gasteiger partial charge < -0.3 is 25.4 Å². The van der Waals surface area contributed by atoms with E-state index in [1.54, 1.807) is 6.08 Å². The number of nitrogens with two attached hydrogens (primary N) is 1. The van der Waals surface area contributed by atoms with E-state index in [0.29, 0.717) is 35.5 Å². The van der Waals surface area contributed by atoms with Crippen LogP contribution in [-0.4, -0.2) is 61.4 Å². The Balaban J connectivity index is 1.97. The molecule has 0 radical (unpaired) electrons. The minimum absolute atomic E-state index is 0.0288. The Hall–Kier alpha value is -3.74. The van der Waals surface area contributed by atoms with E-state index >= 15 is 0 Å². The zero-order valence-electron chi connectivity index (χ0n) is 17.7. The molecule has 0 atom stereocenters. The van der Waals surface area contributed by atoms with Crippen molar-refractivity contribution in [1.29, 1.82) is 5.26 Å². The van der Waals surface area contributed by atoms with Crippen molar-refractivity contribution >= 4 is 28.8 Å². The van der Waals surface area contributed by atoms with Crippen molar-refractivity contribution in [2.75, 3.05) is 25.4 Å². The second-order valence-corrected chi connectivity index (χ2v) is 7.85. The van der Waals surface area contributed by atoms with Crippen molar-refractivity contribution in [3.63, 3.8) is 0 Å². The van der Waals surface area contributed by atoms with E-state index in [2.05, 4.69) is 9.97 Å². The van der Waals surface area contributed by atoms with E-state index in [4.69, 9.17) is 5.73 Å². The lowest BCUT2D eigenvalue weighted by Gasteiger charge is -2.35. The average Bonchev–Trinajstić information content (AvgIpc) is 3.08. The van der Waals surface area contributed by atoms with Crippen LogP contribution in [0.2, 0.25) is 0 Å². The number of anilines is 1. The lowest BCUT2D eigenvalue weighted by atomic mass is 10.00. The van der Waals surface area contributed by atoms with Crippen LogP contribution in [-0.2, 0) is 11.3 Å². The standard InChI is InChI=1S/C23H24N6O3/c1-14-3-5-15(6-4-14)19-18(9-16(10-24)23(32)28-11-17(31)12-28)29(7-2-8-30)22-20(19)21(25)26-13-27-22/h3-6,9,13,17,30-31H,2,7-8,11-12H2,1H3,(H2,25,26,27)/b16-9-. The molecule has 1 amide bonds. The van der Waals surface area contributed by atoms with Crippen LogP contribution in [0, 0.1) is 18.3 Å². The first kappa shape index (κ1) is 21.5. The van der Waals surface area contributed by atoms with E-state index in [0.717, 1.165) is 16.7 Å². The Labute approximate surface area is 185 Å². The van der Waals surface area contributed by atoms with Gasteiger partial charge in [0.05, 0.1) is 17.2 Å². The summed E-state index contributed by atoms with van der Waals surface area (Å²) in [5.74, 6) is -0.149. The molecule has 0 spiro atoms. The molecule has 9 heteroatoms. The minimum Gasteiger partial charge on any atom is -0.396 e. The summed E-state index contributed by atoms with van der Waals surface area (Å²) in [6.45, 7) is 2.78. The van der Waals surface area contributed by atoms with E-state index in [9.17, 15) is 20.3 Å². The van der Waals surface area contributed by atoms with Gasteiger partial charge in [-0.25, -0.2) is 9.97 Å². The number of β-amino-alcohol motifs (C(OH)–C–C–N with tert-alkyl or cyclic N) is 1. The molecule has 1 aromatic carbocycles. The van der Waals surface area contributed by atoms with Gasteiger partial charge in [-0.15, -0.1) is 0 Å². The molecule has 1 fully saturated rings. The summed E-state index contributed by atoms with van der Waals surface area (Å²) in [5.41, 5.74) is 10.0. The van der Waals surface area contributed by atoms with Gasteiger partial charge in [0.2, 0.25) is 0 Å². The van der Waals surface area contributed by atoms with Gasteiger partial charge in [0.15, 0.2) is 0 Å². The quantitative estimate of drug-likeness (QED) is 0.396. The zero-order valence-corrected chi connectivity index (χ0v) is 17.7. The van der Waals surface area contributed by atoms with E-state index in [1.807, 2.05) is 41.8 Å². The smallest absolute Gasteiger partial charge is 0.264 e. The second-order valence-electron chi connectivity index (χ2n) is 7.85. The topological polar surface area (TPSA) is 141 Å². The third-order valence-electron chi connectivity index (χ3n) is 5.57. The predicted molar refractivity (Wildman–Crippen MR) is 120 cm³/mol. The van der Waals surface area contributed by atoms with Crippen LogP contribution < -0.4 is 5.73 Å². The fraction of sp³-hybridized carbons (Fsp3) is 0.304. The van der Waals surface area contributed by atoms with Gasteiger partial charge in [-0.05, 0) is 25.0 Å². The molecule has 1 saturated heterocycles. The highest BCUT2D eigenvalue weighted by Crippen LogP contribution is 2.38. The van der Waals surface area contributed by atoms with Crippen LogP contribution in [0.15, 0.2) is 36.2 Å². The van der Waals surface area contributed by atoms with Gasteiger partial charge in [-0.3, -0.25) is 4.79 Å². The lowest BCUT2D eigenvalue weighted by Crippen LogP contribution is -2.53. The lowest BCUT2D eigenvalue weighted by molar-refractivity contribution is -0.136. The maximum absolute atomic E-state index is 12.8. The number of aliphatic hydroxyl groups excluding tert-OH is 2. The van der Waals surface area contributed by atoms with Crippen molar-refractivity contribution in [3.05, 3.63) is 47.4 Å². The first-order chi connectivity index (χ1) is 15.4. The Morgan fingerprint density at radius 3 is 2.66 bits per heavy atom. The second kappa shape index (κ2) is 8.78. The van der Waals surface area contributed by atoms with Crippen LogP contribution in [0.25, 0.3) is 28.2 Å². The number of carbonyl (C=O) groups excluding carboxylic acids is 1. The SMILES string of the molecule is Cc1ccc(-c2c(/C=C(/C#N)C(=O)N3CC(O)C3)n(CCCO)c3ncnc(N)c23)cc1. The van der Waals surface area contributed by atoms with Gasteiger partial charge in [0, 0.05) is 31.8 Å². The van der Waals surface area contributed by atoms with Gasteiger partial charge >= 0.3 is 0 Å². The average molecular weight is 432 g/mol. The molecule has 0 saturated carbocycles. The normalized spacial score (nSPS) is 14.4. The molecule has 2 aromatic heterocycles. The van der Waals surface area contributed by atoms with Gasteiger partial charge in [-0.2, -0.15) is 5.26 Å². The van der Waals surface area contributed by atoms with E-state index < -0.39 is 12.0 Å². The molecule has 0 unspecified atom stereocenters. The molecule has 164 valence electrons. The fourth-order valence-electron chi connectivity index (χ4n) is 3.90. The summed E-state index contributed by atoms with van der Waals surface area (Å²) in [7, 11) is 0. The predicted octanol–water partition coefficient (Wildman–Crippen LogP) is 1.48. The number of nitriles is 1. The number of benzene rings is 1. The number of nitrogen functional groups attached to an aromatic ring is 1. The molecule has 4 rings (SSSR count). The first-order valence-corrected chi connectivity index (χ1v) is 10.3. The highest BCUT2D eigenvalue weighted by molar-refractivity contribution is 6.08. The van der Waals surface area contributed by atoms with Crippen molar-refractivity contribution in [3.8, 4) is 17.2 Å². The van der Waals surface area contributed by atoms with Crippen LogP contribution in [0.5, 0.6) is 0 Å². The number of aromatic nitrogens is 3. The number of hydrogen-bond donors (Lipinski definition) is 3. The molecule has 9 nitrogen and oxygen atoms in total. The van der Waals surface area contributed by atoms with Crippen LogP contribution in [0.4, 0.5) is 5.82 Å². The van der Waals surface area contributed by atoms with Crippen LogP contribution in [0.1, 0.15) is 17.7 Å². The summed E-state index contributed by atoms with van der Waals surface area (Å²) in [5, 5.41) is 29.4. The number of rotatable bonds is 6. The van der Waals surface area contributed by atoms with E-state index in [-0.39, 0.29) is 25.3 Å². The number of fused-ring (bicyclic) bond motifs is 1. The molecular formula is C23H24N6O3. The van der Waals surface area contributed by atoms with Crippen LogP contribution in [0.3, 0.4) is 0 Å². The molecule has 1 aliphatic rings. The summed E-state index contributed by atoms with van der Waals surface area (Å²) < 4.78 is 1.86. The highest BCUT2D eigenvalue weighted by atomic mass is 16.3. The maximum Gasteiger partial charge on any atom is 0.264 e. The summed E-state index contributed by atoms with van der Waals surface area (Å²) >= 11 is 0. The number of aliphatic hydroxyl groups is 2. The molecule has 4 N–H and O–H groups in total. The number of hydrogen-bond acceptors (Lipinski definition) is 7. The van der Waals surface area contributed by atoms with Gasteiger partial charge in [0.25, 0.3) is 5.91 Å². The Bertz CT molecular complexity index is 1230. The number of likely N-dealkylation sites (tertiary alicyclic amines) is 1. The van der Waals surface area contributed by atoms with Crippen LogP contribution >= 0.6 is 0 Å². The fourth-order valence-corrected chi connectivity index (χ4v) is 3.90. The summed E-state index contributed by atoms with van der Waals surface area (Å²) in [4.78, 5) is 22.8. The first-order valence-electron chi connectivity index (χ1n) is 10.3. The Morgan fingerprint density at radius 2 is 2.03 bits per heavy atom. The number of aryl methyl sites for hydroxylation is 2. The number of amides is 1. The van der Waals surface area contributed by atoms with Gasteiger partial charge in [0.1, 0.15) is 29.4 Å². The Morgan fingerprint density at radius 1 is 1.31 bits per heavy atom. The molecule has 0 bridgehead atoms. The highest BCUT2D eigenvalue weighted by Gasteiger charge is 2.31. The van der Waals surface area contributed by atoms with E-state index in [1.165, 1.54) is 11.2 Å². The maximum atomic E-state index is 12.8. The minimum atomic E-state index is -0.562. The van der Waals surface area contributed by atoms with Crippen molar-refractivity contribution in [2.45, 2.75) is 26.0 Å². The third kappa shape index (κ3) is 3.82. The Kier molecular flexibility index (Phi) is 5.90. The van der Waals surface area contributed by atoms with Crippen molar-refractivity contribution in [2.24, 2.45) is 0 Å². The number of carbonyl (C=O) groups is 1. The number of nitrogens with zero attached hydrogens (tertiary/aromatic N) is 5.